The largest absolute Gasteiger partial charge is 0.299 e. The Hall–Kier alpha value is -2.09. The molecule has 0 radical (unpaired) electrons. The number of benzene rings is 1. The van der Waals surface area contributed by atoms with E-state index in [-0.39, 0.29) is 16.8 Å². The van der Waals surface area contributed by atoms with Gasteiger partial charge in [-0.2, -0.15) is 0 Å². The number of hydrogen-bond donors (Lipinski definition) is 0. The Morgan fingerprint density at radius 2 is 1.84 bits per heavy atom. The van der Waals surface area contributed by atoms with Crippen LogP contribution in [0.2, 0.25) is 0 Å². The molecular formula is C17H24N4O3S. The summed E-state index contributed by atoms with van der Waals surface area (Å²) >= 11 is 0. The number of carbonyl (C=O) groups excluding carboxylic acids is 1. The molecule has 8 heteroatoms. The second-order valence-electron chi connectivity index (χ2n) is 6.33. The third-order valence-electron chi connectivity index (χ3n) is 4.02. The molecule has 1 heterocycles. The highest BCUT2D eigenvalue weighted by Crippen LogP contribution is 2.11. The Balaban J connectivity index is 1.70. The highest BCUT2D eigenvalue weighted by atomic mass is 32.2. The summed E-state index contributed by atoms with van der Waals surface area (Å²) in [6, 6.07) is 7.46. The van der Waals surface area contributed by atoms with E-state index in [2.05, 4.69) is 15.4 Å². The zero-order valence-corrected chi connectivity index (χ0v) is 15.4. The summed E-state index contributed by atoms with van der Waals surface area (Å²) in [5.41, 5.74) is 1.73. The summed E-state index contributed by atoms with van der Waals surface area (Å²) in [6.07, 6.45) is 4.34. The van der Waals surface area contributed by atoms with Crippen LogP contribution < -0.4 is 0 Å². The maximum Gasteiger partial charge on any atom is 0.162 e. The number of sulfone groups is 1. The van der Waals surface area contributed by atoms with E-state index in [0.717, 1.165) is 24.1 Å². The lowest BCUT2D eigenvalue weighted by molar-refractivity contribution is -0.118. The zero-order valence-electron chi connectivity index (χ0n) is 14.6. The van der Waals surface area contributed by atoms with Gasteiger partial charge in [-0.05, 0) is 49.6 Å². The third-order valence-corrected chi connectivity index (χ3v) is 6.31. The molecule has 7 nitrogen and oxygen atoms in total. The van der Waals surface area contributed by atoms with Gasteiger partial charge in [0.25, 0.3) is 0 Å². The fourth-order valence-electron chi connectivity index (χ4n) is 2.39. The first-order valence-corrected chi connectivity index (χ1v) is 10.2. The molecule has 0 unspecified atom stereocenters. The minimum atomic E-state index is -2.97. The van der Waals surface area contributed by atoms with Crippen LogP contribution >= 0.6 is 0 Å². The van der Waals surface area contributed by atoms with Crippen molar-refractivity contribution < 1.29 is 13.2 Å². The van der Waals surface area contributed by atoms with Gasteiger partial charge >= 0.3 is 0 Å². The van der Waals surface area contributed by atoms with Crippen molar-refractivity contribution in [2.24, 2.45) is 0 Å². The maximum atomic E-state index is 12.0. The molecule has 0 bridgehead atoms. The van der Waals surface area contributed by atoms with E-state index in [1.807, 2.05) is 24.3 Å². The number of Topliss-reactive ketones (excluding diaryl/α,β-unsaturated/α-hetero) is 1. The fraction of sp³-hybridized carbons (Fsp3) is 0.529. The molecule has 136 valence electrons. The smallest absolute Gasteiger partial charge is 0.162 e. The standard InChI is InChI=1S/C17H24N4O3S/c1-14(2)25(23,24)11-5-3-4-6-17(22)12-15-7-9-16(10-8-15)21-19-13-18-20-21/h7-10,13-14H,3-6,11-12H2,1-2H3. The molecule has 0 saturated heterocycles. The second kappa shape index (κ2) is 8.84. The molecule has 0 fully saturated rings. The summed E-state index contributed by atoms with van der Waals surface area (Å²) in [5, 5.41) is 11.1. The minimum absolute atomic E-state index is 0.165. The second-order valence-corrected chi connectivity index (χ2v) is 9.01. The topological polar surface area (TPSA) is 94.8 Å². The van der Waals surface area contributed by atoms with E-state index in [4.69, 9.17) is 0 Å². The first-order valence-electron chi connectivity index (χ1n) is 8.44. The number of hydrogen-bond acceptors (Lipinski definition) is 6. The molecule has 0 aliphatic heterocycles. The van der Waals surface area contributed by atoms with Gasteiger partial charge in [-0.1, -0.05) is 18.6 Å². The normalized spacial score (nSPS) is 11.8. The van der Waals surface area contributed by atoms with Crippen molar-refractivity contribution in [3.8, 4) is 5.69 Å². The van der Waals surface area contributed by atoms with E-state index >= 15 is 0 Å². The van der Waals surface area contributed by atoms with Crippen LogP contribution in [-0.2, 0) is 21.1 Å². The third kappa shape index (κ3) is 6.04. The van der Waals surface area contributed by atoms with Crippen LogP contribution in [0.5, 0.6) is 0 Å². The number of rotatable bonds is 10. The molecule has 1 aromatic carbocycles. The molecule has 0 aliphatic rings. The Kier molecular flexibility index (Phi) is 6.81. The Bertz CT molecular complexity index is 769. The van der Waals surface area contributed by atoms with E-state index in [1.54, 1.807) is 13.8 Å². The lowest BCUT2D eigenvalue weighted by Crippen LogP contribution is -2.17. The number of aromatic nitrogens is 4. The number of nitrogens with zero attached hydrogens (tertiary/aromatic N) is 4. The van der Waals surface area contributed by atoms with Gasteiger partial charge < -0.3 is 0 Å². The Labute approximate surface area is 148 Å². The number of unbranched alkanes of at least 4 members (excludes halogenated alkanes) is 2. The molecule has 25 heavy (non-hydrogen) atoms. The van der Waals surface area contributed by atoms with Crippen LogP contribution in [0.3, 0.4) is 0 Å². The molecule has 0 amide bonds. The molecule has 1 aromatic heterocycles. The number of carbonyl (C=O) groups is 1. The first-order chi connectivity index (χ1) is 11.9. The van der Waals surface area contributed by atoms with Crippen LogP contribution in [0.15, 0.2) is 30.6 Å². The van der Waals surface area contributed by atoms with E-state index in [0.29, 0.717) is 19.3 Å². The quantitative estimate of drug-likeness (QED) is 0.600. The van der Waals surface area contributed by atoms with Crippen LogP contribution in [0.25, 0.3) is 5.69 Å². The Morgan fingerprint density at radius 3 is 2.44 bits per heavy atom. The molecule has 0 saturated carbocycles. The molecular weight excluding hydrogens is 340 g/mol. The molecule has 0 N–H and O–H groups in total. The van der Waals surface area contributed by atoms with Gasteiger partial charge in [0, 0.05) is 12.8 Å². The predicted molar refractivity (Wildman–Crippen MR) is 95.3 cm³/mol. The average Bonchev–Trinajstić information content (AvgIpc) is 3.09. The summed E-state index contributed by atoms with van der Waals surface area (Å²) in [6.45, 7) is 3.39. The summed E-state index contributed by atoms with van der Waals surface area (Å²) in [7, 11) is -2.97. The first kappa shape index (κ1) is 19.2. The molecule has 0 spiro atoms. The number of tetrazole rings is 1. The van der Waals surface area contributed by atoms with E-state index in [1.165, 1.54) is 11.1 Å². The van der Waals surface area contributed by atoms with Gasteiger partial charge in [0.1, 0.15) is 5.78 Å². The van der Waals surface area contributed by atoms with Crippen LogP contribution in [0, 0.1) is 0 Å². The highest BCUT2D eigenvalue weighted by Gasteiger charge is 2.15. The fourth-order valence-corrected chi connectivity index (χ4v) is 3.46. The highest BCUT2D eigenvalue weighted by molar-refractivity contribution is 7.91. The van der Waals surface area contributed by atoms with Crippen molar-refractivity contribution in [1.82, 2.24) is 20.2 Å². The van der Waals surface area contributed by atoms with Crippen molar-refractivity contribution in [3.63, 3.8) is 0 Å². The van der Waals surface area contributed by atoms with E-state index in [9.17, 15) is 13.2 Å². The van der Waals surface area contributed by atoms with Gasteiger partial charge in [-0.15, -0.1) is 15.0 Å². The van der Waals surface area contributed by atoms with Crippen molar-refractivity contribution in [1.29, 1.82) is 0 Å². The summed E-state index contributed by atoms with van der Waals surface area (Å²) in [5.74, 6) is 0.370. The molecule has 0 atom stereocenters. The lowest BCUT2D eigenvalue weighted by atomic mass is 10.0. The van der Waals surface area contributed by atoms with E-state index < -0.39 is 9.84 Å². The molecule has 2 rings (SSSR count). The van der Waals surface area contributed by atoms with Crippen molar-refractivity contribution in [3.05, 3.63) is 36.2 Å². The zero-order chi connectivity index (χ0) is 18.3. The average molecular weight is 364 g/mol. The van der Waals surface area contributed by atoms with Gasteiger partial charge in [0.15, 0.2) is 16.2 Å². The van der Waals surface area contributed by atoms with Crippen LogP contribution in [0.1, 0.15) is 45.1 Å². The van der Waals surface area contributed by atoms with Crippen LogP contribution in [-0.4, -0.2) is 45.4 Å². The van der Waals surface area contributed by atoms with Crippen molar-refractivity contribution >= 4 is 15.6 Å². The minimum Gasteiger partial charge on any atom is -0.299 e. The Morgan fingerprint density at radius 1 is 1.12 bits per heavy atom. The van der Waals surface area contributed by atoms with Gasteiger partial charge in [-0.25, -0.2) is 8.42 Å². The molecule has 2 aromatic rings. The molecule has 0 aliphatic carbocycles. The van der Waals surface area contributed by atoms with Crippen molar-refractivity contribution in [2.75, 3.05) is 5.75 Å². The predicted octanol–water partition coefficient (Wildman–Crippen LogP) is 2.16. The summed E-state index contributed by atoms with van der Waals surface area (Å²) < 4.78 is 23.4. The monoisotopic (exact) mass is 364 g/mol. The SMILES string of the molecule is CC(C)S(=O)(=O)CCCCCC(=O)Cc1ccc(-n2ncnn2)cc1. The van der Waals surface area contributed by atoms with Crippen LogP contribution in [0.4, 0.5) is 0 Å². The van der Waals surface area contributed by atoms with Gasteiger partial charge in [-0.3, -0.25) is 4.79 Å². The van der Waals surface area contributed by atoms with Gasteiger partial charge in [0.05, 0.1) is 16.7 Å². The number of ketones is 1. The lowest BCUT2D eigenvalue weighted by Gasteiger charge is -2.07. The summed E-state index contributed by atoms with van der Waals surface area (Å²) in [4.78, 5) is 13.4. The van der Waals surface area contributed by atoms with Crippen molar-refractivity contribution in [2.45, 2.75) is 51.2 Å². The van der Waals surface area contributed by atoms with Gasteiger partial charge in [0.2, 0.25) is 0 Å². The maximum absolute atomic E-state index is 12.0.